The number of amides is 1. The van der Waals surface area contributed by atoms with Crippen LogP contribution in [-0.4, -0.2) is 38.1 Å². The molecule has 1 fully saturated rings. The molecule has 1 aliphatic carbocycles. The molecule has 2 N–H and O–H groups in total. The van der Waals surface area contributed by atoms with Crippen LogP contribution < -0.4 is 5.14 Å². The zero-order valence-corrected chi connectivity index (χ0v) is 14.2. The summed E-state index contributed by atoms with van der Waals surface area (Å²) in [6.45, 7) is 1.12. The van der Waals surface area contributed by atoms with Gasteiger partial charge in [0.1, 0.15) is 0 Å². The third-order valence-electron chi connectivity index (χ3n) is 4.50. The highest BCUT2D eigenvalue weighted by molar-refractivity contribution is 7.89. The van der Waals surface area contributed by atoms with Crippen LogP contribution in [0.2, 0.25) is 0 Å². The van der Waals surface area contributed by atoms with Crippen LogP contribution in [-0.2, 0) is 22.9 Å². The number of aryl methyl sites for hydroxylation is 2. The molecule has 0 unspecified atom stereocenters. The molecule has 1 aliphatic heterocycles. The number of hydrogen-bond donors (Lipinski definition) is 1. The Kier molecular flexibility index (Phi) is 4.56. The summed E-state index contributed by atoms with van der Waals surface area (Å²) in [6.07, 6.45) is 6.56. The summed E-state index contributed by atoms with van der Waals surface area (Å²) in [6, 6.07) is 2.06. The molecule has 0 bridgehead atoms. The van der Waals surface area contributed by atoms with E-state index in [-0.39, 0.29) is 17.6 Å². The number of carbonyl (C=O) groups is 1. The average Bonchev–Trinajstić information content (AvgIpc) is 2.99. The molecule has 0 radical (unpaired) electrons. The van der Waals surface area contributed by atoms with Crippen molar-refractivity contribution in [3.63, 3.8) is 0 Å². The van der Waals surface area contributed by atoms with Gasteiger partial charge < -0.3 is 4.90 Å². The van der Waals surface area contributed by atoms with E-state index in [1.165, 1.54) is 29.7 Å². The summed E-state index contributed by atoms with van der Waals surface area (Å²) < 4.78 is 22.4. The zero-order valence-electron chi connectivity index (χ0n) is 12.6. The van der Waals surface area contributed by atoms with Crippen molar-refractivity contribution in [1.29, 1.82) is 0 Å². The van der Waals surface area contributed by atoms with E-state index in [2.05, 4.69) is 6.07 Å². The number of fused-ring (bicyclic) bond motifs is 1. The quantitative estimate of drug-likeness (QED) is 0.850. The van der Waals surface area contributed by atoms with Gasteiger partial charge in [0.25, 0.3) is 5.91 Å². The first-order chi connectivity index (χ1) is 10.4. The van der Waals surface area contributed by atoms with Crippen LogP contribution in [0.4, 0.5) is 0 Å². The minimum absolute atomic E-state index is 0.0300. The van der Waals surface area contributed by atoms with E-state index in [4.69, 9.17) is 5.14 Å². The fraction of sp³-hybridized carbons (Fsp3) is 0.667. The fourth-order valence-corrected chi connectivity index (χ4v) is 5.56. The standard InChI is InChI=1S/C15H22N2O3S2/c16-22(19,20)10-11-6-7-17(9-11)15(18)14-8-12-4-2-1-3-5-13(12)21-14/h8,11H,1-7,9-10H2,(H2,16,19,20)/t11-/m1/s1. The van der Waals surface area contributed by atoms with Gasteiger partial charge in [0.2, 0.25) is 10.0 Å². The maximum Gasteiger partial charge on any atom is 0.263 e. The number of sulfonamides is 1. The molecule has 2 aliphatic rings. The van der Waals surface area contributed by atoms with Crippen molar-refractivity contribution in [2.75, 3.05) is 18.8 Å². The molecule has 1 atom stereocenters. The lowest BCUT2D eigenvalue weighted by atomic mass is 10.1. The van der Waals surface area contributed by atoms with Gasteiger partial charge in [-0.25, -0.2) is 13.6 Å². The number of carbonyl (C=O) groups excluding carboxylic acids is 1. The lowest BCUT2D eigenvalue weighted by molar-refractivity contribution is 0.0793. The summed E-state index contributed by atoms with van der Waals surface area (Å²) in [5.41, 5.74) is 1.34. The third-order valence-corrected chi connectivity index (χ3v) is 6.66. The van der Waals surface area contributed by atoms with E-state index >= 15 is 0 Å². The van der Waals surface area contributed by atoms with Crippen molar-refractivity contribution in [1.82, 2.24) is 4.90 Å². The first-order valence-corrected chi connectivity index (χ1v) is 10.4. The molecule has 1 aromatic rings. The van der Waals surface area contributed by atoms with Gasteiger partial charge in [-0.05, 0) is 49.7 Å². The smallest absolute Gasteiger partial charge is 0.263 e. The lowest BCUT2D eigenvalue weighted by Crippen LogP contribution is -2.30. The Hall–Kier alpha value is -0.920. The Morgan fingerprint density at radius 2 is 2.09 bits per heavy atom. The molecule has 122 valence electrons. The second-order valence-electron chi connectivity index (χ2n) is 6.36. The van der Waals surface area contributed by atoms with Gasteiger partial charge in [-0.3, -0.25) is 4.79 Å². The monoisotopic (exact) mass is 342 g/mol. The van der Waals surface area contributed by atoms with Crippen LogP contribution in [0.3, 0.4) is 0 Å². The van der Waals surface area contributed by atoms with E-state index in [0.717, 1.165) is 17.7 Å². The van der Waals surface area contributed by atoms with Crippen molar-refractivity contribution < 1.29 is 13.2 Å². The van der Waals surface area contributed by atoms with Gasteiger partial charge in [0, 0.05) is 18.0 Å². The van der Waals surface area contributed by atoms with Crippen LogP contribution in [0.5, 0.6) is 0 Å². The van der Waals surface area contributed by atoms with E-state index in [9.17, 15) is 13.2 Å². The number of nitrogens with two attached hydrogens (primary N) is 1. The first-order valence-electron chi connectivity index (χ1n) is 7.84. The van der Waals surface area contributed by atoms with Crippen molar-refractivity contribution in [2.45, 2.75) is 38.5 Å². The molecular formula is C15H22N2O3S2. The molecule has 0 saturated carbocycles. The predicted molar refractivity (Wildman–Crippen MR) is 87.6 cm³/mol. The molecular weight excluding hydrogens is 320 g/mol. The maximum atomic E-state index is 12.6. The van der Waals surface area contributed by atoms with E-state index in [1.807, 2.05) is 0 Å². The molecule has 22 heavy (non-hydrogen) atoms. The summed E-state index contributed by atoms with van der Waals surface area (Å²) in [7, 11) is -3.46. The van der Waals surface area contributed by atoms with Crippen molar-refractivity contribution in [2.24, 2.45) is 11.1 Å². The highest BCUT2D eigenvalue weighted by Crippen LogP contribution is 2.30. The predicted octanol–water partition coefficient (Wildman–Crippen LogP) is 1.77. The normalized spacial score (nSPS) is 22.4. The SMILES string of the molecule is NS(=O)(=O)C[C@@H]1CCN(C(=O)c2cc3c(s2)CCCCC3)C1. The average molecular weight is 342 g/mol. The molecule has 7 heteroatoms. The minimum atomic E-state index is -3.46. The molecule has 5 nitrogen and oxygen atoms in total. The van der Waals surface area contributed by atoms with Crippen LogP contribution in [0.1, 0.15) is 45.8 Å². The number of nitrogens with zero attached hydrogens (tertiary/aromatic N) is 1. The molecule has 1 saturated heterocycles. The molecule has 0 spiro atoms. The number of rotatable bonds is 3. The molecule has 1 aromatic heterocycles. The first kappa shape index (κ1) is 16.0. The molecule has 1 amide bonds. The third kappa shape index (κ3) is 3.70. The van der Waals surface area contributed by atoms with Gasteiger partial charge in [-0.1, -0.05) is 6.42 Å². The number of primary sulfonamides is 1. The Morgan fingerprint density at radius 3 is 2.86 bits per heavy atom. The second kappa shape index (κ2) is 6.29. The van der Waals surface area contributed by atoms with Crippen LogP contribution in [0.15, 0.2) is 6.07 Å². The van der Waals surface area contributed by atoms with Gasteiger partial charge in [-0.15, -0.1) is 11.3 Å². The fourth-order valence-electron chi connectivity index (χ4n) is 3.41. The number of thiophene rings is 1. The Balaban J connectivity index is 1.67. The molecule has 3 rings (SSSR count). The minimum Gasteiger partial charge on any atom is -0.338 e. The van der Waals surface area contributed by atoms with Gasteiger partial charge in [-0.2, -0.15) is 0 Å². The summed E-state index contributed by atoms with van der Waals surface area (Å²) in [4.78, 5) is 16.6. The van der Waals surface area contributed by atoms with Crippen molar-refractivity contribution >= 4 is 27.3 Å². The number of hydrogen-bond acceptors (Lipinski definition) is 4. The lowest BCUT2D eigenvalue weighted by Gasteiger charge is -2.15. The van der Waals surface area contributed by atoms with Gasteiger partial charge in [0.15, 0.2) is 0 Å². The van der Waals surface area contributed by atoms with E-state index in [1.54, 1.807) is 16.2 Å². The van der Waals surface area contributed by atoms with Crippen molar-refractivity contribution in [3.05, 3.63) is 21.4 Å². The Bertz CT molecular complexity index is 643. The highest BCUT2D eigenvalue weighted by atomic mass is 32.2. The highest BCUT2D eigenvalue weighted by Gasteiger charge is 2.30. The number of likely N-dealkylation sites (tertiary alicyclic amines) is 1. The summed E-state index contributed by atoms with van der Waals surface area (Å²) in [5, 5.41) is 5.10. The summed E-state index contributed by atoms with van der Waals surface area (Å²) >= 11 is 1.62. The Labute approximate surface area is 135 Å². The van der Waals surface area contributed by atoms with E-state index in [0.29, 0.717) is 19.5 Å². The zero-order chi connectivity index (χ0) is 15.7. The van der Waals surface area contributed by atoms with Crippen LogP contribution >= 0.6 is 11.3 Å². The van der Waals surface area contributed by atoms with Gasteiger partial charge in [0.05, 0.1) is 10.6 Å². The maximum absolute atomic E-state index is 12.6. The topological polar surface area (TPSA) is 80.5 Å². The van der Waals surface area contributed by atoms with Crippen molar-refractivity contribution in [3.8, 4) is 0 Å². The van der Waals surface area contributed by atoms with Gasteiger partial charge >= 0.3 is 0 Å². The van der Waals surface area contributed by atoms with E-state index < -0.39 is 10.0 Å². The van der Waals surface area contributed by atoms with Crippen LogP contribution in [0.25, 0.3) is 0 Å². The Morgan fingerprint density at radius 1 is 1.32 bits per heavy atom. The second-order valence-corrected chi connectivity index (χ2v) is 9.15. The largest absolute Gasteiger partial charge is 0.338 e. The summed E-state index contributed by atoms with van der Waals surface area (Å²) in [5.74, 6) is -0.00992. The molecule has 0 aromatic carbocycles. The van der Waals surface area contributed by atoms with Crippen LogP contribution in [0, 0.1) is 5.92 Å². The molecule has 2 heterocycles.